The predicted molar refractivity (Wildman–Crippen MR) is 198 cm³/mol. The van der Waals surface area contributed by atoms with Crippen LogP contribution >= 0.6 is 7.26 Å². The third-order valence-electron chi connectivity index (χ3n) is 8.98. The Balaban J connectivity index is 0.00000133. The van der Waals surface area contributed by atoms with E-state index in [4.69, 9.17) is 5.11 Å². The molecular formula is C38H73O5PS. The molecule has 0 radical (unpaired) electrons. The van der Waals surface area contributed by atoms with Gasteiger partial charge in [-0.3, -0.25) is 0 Å². The van der Waals surface area contributed by atoms with Crippen molar-refractivity contribution in [3.05, 3.63) is 24.3 Å². The van der Waals surface area contributed by atoms with Crippen molar-refractivity contribution in [2.75, 3.05) is 24.6 Å². The van der Waals surface area contributed by atoms with Gasteiger partial charge in [0.25, 0.3) is 10.4 Å². The van der Waals surface area contributed by atoms with Gasteiger partial charge in [0.2, 0.25) is 0 Å². The Labute approximate surface area is 281 Å². The van der Waals surface area contributed by atoms with E-state index in [1.54, 1.807) is 50.3 Å². The summed E-state index contributed by atoms with van der Waals surface area (Å²) in [5.74, 6) is -0.159. The maximum atomic E-state index is 10.0. The summed E-state index contributed by atoms with van der Waals surface area (Å²) >= 11 is 0. The van der Waals surface area contributed by atoms with E-state index in [2.05, 4.69) is 31.9 Å². The molecule has 7 heteroatoms. The van der Waals surface area contributed by atoms with Crippen LogP contribution in [0.1, 0.15) is 182 Å². The number of unbranched alkanes of at least 4 members (excludes halogenated alkanes) is 20. The SMILES string of the molecule is CCCCCCCCCCCCCC[P+](CCCCCC)(CCCCCC)CCCCCC.O=S(=O)([O-])Oc1ccc(O)cc1. The van der Waals surface area contributed by atoms with Gasteiger partial charge in [0.15, 0.2) is 0 Å². The summed E-state index contributed by atoms with van der Waals surface area (Å²) < 4.78 is 34.1. The average molecular weight is 673 g/mol. The van der Waals surface area contributed by atoms with Crippen LogP contribution < -0.4 is 4.18 Å². The number of hydrogen-bond acceptors (Lipinski definition) is 5. The number of phenols is 1. The summed E-state index contributed by atoms with van der Waals surface area (Å²) in [5, 5.41) is 8.77. The van der Waals surface area contributed by atoms with Crippen molar-refractivity contribution < 1.29 is 22.3 Å². The van der Waals surface area contributed by atoms with Gasteiger partial charge in [0, 0.05) is 7.26 Å². The van der Waals surface area contributed by atoms with Gasteiger partial charge in [-0.2, -0.15) is 0 Å². The molecule has 0 aliphatic carbocycles. The molecule has 266 valence electrons. The van der Waals surface area contributed by atoms with E-state index in [9.17, 15) is 13.0 Å². The van der Waals surface area contributed by atoms with Gasteiger partial charge in [-0.25, -0.2) is 8.42 Å². The zero-order chi connectivity index (χ0) is 33.5. The molecule has 0 saturated carbocycles. The first-order valence-corrected chi connectivity index (χ1v) is 22.9. The lowest BCUT2D eigenvalue weighted by atomic mass is 10.1. The number of benzene rings is 1. The van der Waals surface area contributed by atoms with Gasteiger partial charge < -0.3 is 13.8 Å². The second kappa shape index (κ2) is 30.5. The van der Waals surface area contributed by atoms with Gasteiger partial charge in [-0.05, 0) is 75.6 Å². The van der Waals surface area contributed by atoms with Gasteiger partial charge in [0.05, 0.1) is 24.6 Å². The first-order chi connectivity index (χ1) is 21.7. The number of rotatable bonds is 30. The van der Waals surface area contributed by atoms with Crippen LogP contribution in [0.15, 0.2) is 24.3 Å². The van der Waals surface area contributed by atoms with Gasteiger partial charge in [0.1, 0.15) is 11.5 Å². The Morgan fingerprint density at radius 3 is 1.07 bits per heavy atom. The van der Waals surface area contributed by atoms with Gasteiger partial charge >= 0.3 is 0 Å². The Hall–Kier alpha value is -0.840. The summed E-state index contributed by atoms with van der Waals surface area (Å²) in [7, 11) is -5.42. The van der Waals surface area contributed by atoms with Gasteiger partial charge in [-0.15, -0.1) is 0 Å². The van der Waals surface area contributed by atoms with E-state index in [0.29, 0.717) is 0 Å². The maximum absolute atomic E-state index is 10.0. The fourth-order valence-corrected chi connectivity index (χ4v) is 11.5. The fourth-order valence-electron chi connectivity index (χ4n) is 6.20. The quantitative estimate of drug-likeness (QED) is 0.0380. The van der Waals surface area contributed by atoms with E-state index in [1.165, 1.54) is 153 Å². The van der Waals surface area contributed by atoms with Crippen LogP contribution in [0.2, 0.25) is 0 Å². The Bertz CT molecular complexity index is 828. The molecule has 0 saturated heterocycles. The molecule has 0 heterocycles. The van der Waals surface area contributed by atoms with Crippen molar-refractivity contribution in [3.8, 4) is 11.5 Å². The molecule has 0 atom stereocenters. The second-order valence-electron chi connectivity index (χ2n) is 13.3. The largest absolute Gasteiger partial charge is 0.716 e. The predicted octanol–water partition coefficient (Wildman–Crippen LogP) is 12.7. The van der Waals surface area contributed by atoms with Crippen molar-refractivity contribution in [1.82, 2.24) is 0 Å². The zero-order valence-corrected chi connectivity index (χ0v) is 31.8. The number of phenolic OH excluding ortho intramolecular Hbond substituents is 1. The lowest BCUT2D eigenvalue weighted by Gasteiger charge is -2.28. The van der Waals surface area contributed by atoms with Crippen LogP contribution in [0, 0.1) is 0 Å². The highest BCUT2D eigenvalue weighted by molar-refractivity contribution is 7.81. The fraction of sp³-hybridized carbons (Fsp3) is 0.842. The average Bonchev–Trinajstić information content (AvgIpc) is 3.01. The summed E-state index contributed by atoms with van der Waals surface area (Å²) in [4.78, 5) is 0. The van der Waals surface area contributed by atoms with Gasteiger partial charge in [-0.1, -0.05) is 130 Å². The number of aromatic hydroxyl groups is 1. The first-order valence-electron chi connectivity index (χ1n) is 19.0. The van der Waals surface area contributed by atoms with Crippen LogP contribution in [0.25, 0.3) is 0 Å². The Morgan fingerprint density at radius 2 is 0.778 bits per heavy atom. The molecule has 0 aliphatic rings. The lowest BCUT2D eigenvalue weighted by molar-refractivity contribution is 0.372. The van der Waals surface area contributed by atoms with E-state index in [1.807, 2.05) is 0 Å². The van der Waals surface area contributed by atoms with Crippen molar-refractivity contribution in [1.29, 1.82) is 0 Å². The molecule has 0 fully saturated rings. The van der Waals surface area contributed by atoms with Crippen LogP contribution in [0.4, 0.5) is 0 Å². The maximum Gasteiger partial charge on any atom is 0.262 e. The highest BCUT2D eigenvalue weighted by atomic mass is 32.3. The van der Waals surface area contributed by atoms with E-state index >= 15 is 0 Å². The smallest absolute Gasteiger partial charge is 0.262 e. The normalized spacial score (nSPS) is 11.8. The third-order valence-corrected chi connectivity index (χ3v) is 14.4. The summed E-state index contributed by atoms with van der Waals surface area (Å²) in [5.41, 5.74) is 0. The van der Waals surface area contributed by atoms with E-state index < -0.39 is 17.7 Å². The highest BCUT2D eigenvalue weighted by Crippen LogP contribution is 2.61. The lowest BCUT2D eigenvalue weighted by Crippen LogP contribution is -2.13. The Morgan fingerprint density at radius 1 is 0.511 bits per heavy atom. The van der Waals surface area contributed by atoms with Crippen molar-refractivity contribution in [2.24, 2.45) is 0 Å². The minimum absolute atomic E-state index is 0.0364. The molecule has 0 bridgehead atoms. The van der Waals surface area contributed by atoms with Crippen LogP contribution in [0.5, 0.6) is 11.5 Å². The first kappa shape index (κ1) is 44.2. The monoisotopic (exact) mass is 672 g/mol. The van der Waals surface area contributed by atoms with E-state index in [0.717, 1.165) is 0 Å². The molecule has 1 N–H and O–H groups in total. The molecule has 1 rings (SSSR count). The molecule has 0 spiro atoms. The van der Waals surface area contributed by atoms with Crippen LogP contribution in [-0.2, 0) is 10.4 Å². The standard InChI is InChI=1S/C32H68P.C6H6O5S/c1-5-9-13-17-18-19-20-21-22-23-24-28-32-33(29-25-14-10-6-2,30-26-15-11-7-3)31-27-16-12-8-4;7-5-1-3-6(4-2-5)11-12(8,9)10/h5-32H2,1-4H3;1-4,7H,(H,8,9,10)/q+1;/p-1. The molecule has 45 heavy (non-hydrogen) atoms. The number of hydrogen-bond donors (Lipinski definition) is 1. The summed E-state index contributed by atoms with van der Waals surface area (Å²) in [6, 6.07) is 4.76. The van der Waals surface area contributed by atoms with Crippen LogP contribution in [-0.4, -0.2) is 42.7 Å². The van der Waals surface area contributed by atoms with Crippen molar-refractivity contribution in [2.45, 2.75) is 182 Å². The van der Waals surface area contributed by atoms with E-state index in [-0.39, 0.29) is 11.5 Å². The molecule has 1 aromatic rings. The molecule has 0 aromatic heterocycles. The zero-order valence-electron chi connectivity index (χ0n) is 30.0. The minimum Gasteiger partial charge on any atom is -0.716 e. The minimum atomic E-state index is -4.72. The Kier molecular flexibility index (Phi) is 29.9. The molecule has 0 aliphatic heterocycles. The summed E-state index contributed by atoms with van der Waals surface area (Å²) in [6.07, 6.45) is 42.1. The van der Waals surface area contributed by atoms with Crippen molar-refractivity contribution >= 4 is 17.7 Å². The van der Waals surface area contributed by atoms with Crippen LogP contribution in [0.3, 0.4) is 0 Å². The highest BCUT2D eigenvalue weighted by Gasteiger charge is 2.34. The topological polar surface area (TPSA) is 86.7 Å². The second-order valence-corrected chi connectivity index (χ2v) is 18.7. The molecule has 5 nitrogen and oxygen atoms in total. The molecule has 0 unspecified atom stereocenters. The molecule has 1 aromatic carbocycles. The third kappa shape index (κ3) is 29.1. The summed E-state index contributed by atoms with van der Waals surface area (Å²) in [6.45, 7) is 9.41. The molecule has 0 amide bonds. The molecular weight excluding hydrogens is 599 g/mol. The van der Waals surface area contributed by atoms with Crippen molar-refractivity contribution in [3.63, 3.8) is 0 Å².